The number of carboxylic acids is 1. The minimum atomic E-state index is -1.60. The number of hydrogen-bond donors (Lipinski definition) is 2. The van der Waals surface area contributed by atoms with E-state index < -0.39 is 29.5 Å². The Morgan fingerprint density at radius 1 is 1.29 bits per heavy atom. The second-order valence-electron chi connectivity index (χ2n) is 4.02. The number of aliphatic carboxylic acids is 1. The minimum absolute atomic E-state index is 0.0833. The molecular weight excluding hydrogens is 235 g/mol. The molecule has 1 saturated carbocycles. The van der Waals surface area contributed by atoms with Crippen molar-refractivity contribution in [1.29, 1.82) is 0 Å². The summed E-state index contributed by atoms with van der Waals surface area (Å²) in [6, 6.07) is 0.785. The van der Waals surface area contributed by atoms with Gasteiger partial charge in [-0.1, -0.05) is 0 Å². The van der Waals surface area contributed by atoms with E-state index in [0.717, 1.165) is 25.0 Å². The standard InChI is InChI=1S/C11H10F3NO2/c12-6-3-4-7(9(14)8(6)13)15-10(11(16)17)5-1-2-5/h3-5,10,15H,1-2H2,(H,16,17). The van der Waals surface area contributed by atoms with Gasteiger partial charge in [0, 0.05) is 0 Å². The van der Waals surface area contributed by atoms with Crippen LogP contribution in [0.3, 0.4) is 0 Å². The third-order valence-electron chi connectivity index (χ3n) is 2.71. The fraction of sp³-hybridized carbons (Fsp3) is 0.364. The van der Waals surface area contributed by atoms with Crippen molar-refractivity contribution >= 4 is 11.7 Å². The van der Waals surface area contributed by atoms with E-state index in [4.69, 9.17) is 5.11 Å². The molecule has 17 heavy (non-hydrogen) atoms. The Balaban J connectivity index is 2.23. The number of carboxylic acid groups (broad SMARTS) is 1. The fourth-order valence-corrected chi connectivity index (χ4v) is 1.62. The Morgan fingerprint density at radius 2 is 1.94 bits per heavy atom. The summed E-state index contributed by atoms with van der Waals surface area (Å²) in [5.74, 6) is -5.50. The number of benzene rings is 1. The van der Waals surface area contributed by atoms with Crippen LogP contribution in [-0.2, 0) is 4.79 Å². The summed E-state index contributed by atoms with van der Waals surface area (Å²) in [7, 11) is 0. The van der Waals surface area contributed by atoms with E-state index in [1.807, 2.05) is 0 Å². The number of hydrogen-bond acceptors (Lipinski definition) is 2. The highest BCUT2D eigenvalue weighted by Crippen LogP contribution is 2.35. The van der Waals surface area contributed by atoms with Gasteiger partial charge in [0.1, 0.15) is 6.04 Å². The van der Waals surface area contributed by atoms with Gasteiger partial charge in [-0.2, -0.15) is 0 Å². The van der Waals surface area contributed by atoms with E-state index in [9.17, 15) is 18.0 Å². The van der Waals surface area contributed by atoms with Gasteiger partial charge in [-0.15, -0.1) is 0 Å². The molecule has 3 nitrogen and oxygen atoms in total. The van der Waals surface area contributed by atoms with Gasteiger partial charge in [0.15, 0.2) is 17.5 Å². The number of rotatable bonds is 4. The summed E-state index contributed by atoms with van der Waals surface area (Å²) in [5.41, 5.74) is -0.330. The van der Waals surface area contributed by atoms with Crippen molar-refractivity contribution in [2.45, 2.75) is 18.9 Å². The van der Waals surface area contributed by atoms with Gasteiger partial charge in [0.05, 0.1) is 5.69 Å². The van der Waals surface area contributed by atoms with Gasteiger partial charge >= 0.3 is 5.97 Å². The molecule has 0 heterocycles. The molecule has 0 saturated heterocycles. The zero-order valence-electron chi connectivity index (χ0n) is 8.71. The topological polar surface area (TPSA) is 49.3 Å². The average molecular weight is 245 g/mol. The van der Waals surface area contributed by atoms with Crippen molar-refractivity contribution < 1.29 is 23.1 Å². The van der Waals surface area contributed by atoms with E-state index in [-0.39, 0.29) is 11.6 Å². The van der Waals surface area contributed by atoms with Crippen LogP contribution < -0.4 is 5.32 Å². The first kappa shape index (κ1) is 11.8. The monoisotopic (exact) mass is 245 g/mol. The lowest BCUT2D eigenvalue weighted by Crippen LogP contribution is -2.31. The van der Waals surface area contributed by atoms with Gasteiger partial charge in [-0.25, -0.2) is 18.0 Å². The highest BCUT2D eigenvalue weighted by atomic mass is 19.2. The van der Waals surface area contributed by atoms with Crippen LogP contribution in [0.2, 0.25) is 0 Å². The molecule has 0 spiro atoms. The molecule has 0 amide bonds. The molecule has 0 radical (unpaired) electrons. The van der Waals surface area contributed by atoms with Gasteiger partial charge in [-0.05, 0) is 30.9 Å². The lowest BCUT2D eigenvalue weighted by Gasteiger charge is -2.15. The lowest BCUT2D eigenvalue weighted by atomic mass is 10.1. The molecule has 0 aliphatic heterocycles. The number of nitrogens with one attached hydrogen (secondary N) is 1. The van der Waals surface area contributed by atoms with E-state index in [0.29, 0.717) is 0 Å². The lowest BCUT2D eigenvalue weighted by molar-refractivity contribution is -0.138. The van der Waals surface area contributed by atoms with Gasteiger partial charge in [-0.3, -0.25) is 0 Å². The second-order valence-corrected chi connectivity index (χ2v) is 4.02. The third-order valence-corrected chi connectivity index (χ3v) is 2.71. The Bertz CT molecular complexity index is 460. The molecular formula is C11H10F3NO2. The summed E-state index contributed by atoms with van der Waals surface area (Å²) >= 11 is 0. The zero-order chi connectivity index (χ0) is 12.6. The first-order valence-electron chi connectivity index (χ1n) is 5.13. The highest BCUT2D eigenvalue weighted by molar-refractivity contribution is 5.78. The van der Waals surface area contributed by atoms with Gasteiger partial charge in [0.2, 0.25) is 0 Å². The Morgan fingerprint density at radius 3 is 2.47 bits per heavy atom. The maximum absolute atomic E-state index is 13.3. The molecule has 0 bridgehead atoms. The van der Waals surface area contributed by atoms with Crippen LogP contribution in [0.25, 0.3) is 0 Å². The molecule has 1 aliphatic carbocycles. The normalized spacial score (nSPS) is 16.6. The summed E-state index contributed by atoms with van der Waals surface area (Å²) in [6.07, 6.45) is 1.46. The molecule has 0 aromatic heterocycles. The van der Waals surface area contributed by atoms with E-state index in [1.165, 1.54) is 0 Å². The molecule has 6 heteroatoms. The van der Waals surface area contributed by atoms with Crippen molar-refractivity contribution in [1.82, 2.24) is 0 Å². The molecule has 1 aromatic rings. The maximum atomic E-state index is 13.3. The van der Waals surface area contributed by atoms with Gasteiger partial charge in [0.25, 0.3) is 0 Å². The Labute approximate surface area is 95.3 Å². The molecule has 1 fully saturated rings. The average Bonchev–Trinajstić information content (AvgIpc) is 3.08. The molecule has 2 N–H and O–H groups in total. The number of carbonyl (C=O) groups is 1. The molecule has 92 valence electrons. The van der Waals surface area contributed by atoms with Crippen LogP contribution in [0.15, 0.2) is 12.1 Å². The fourth-order valence-electron chi connectivity index (χ4n) is 1.62. The van der Waals surface area contributed by atoms with Crippen LogP contribution in [-0.4, -0.2) is 17.1 Å². The highest BCUT2D eigenvalue weighted by Gasteiger charge is 2.36. The molecule has 2 rings (SSSR count). The van der Waals surface area contributed by atoms with Crippen molar-refractivity contribution in [3.8, 4) is 0 Å². The Hall–Kier alpha value is -1.72. The zero-order valence-corrected chi connectivity index (χ0v) is 8.71. The first-order valence-corrected chi connectivity index (χ1v) is 5.13. The largest absolute Gasteiger partial charge is 0.480 e. The smallest absolute Gasteiger partial charge is 0.326 e. The van der Waals surface area contributed by atoms with Crippen molar-refractivity contribution in [3.05, 3.63) is 29.6 Å². The Kier molecular flexibility index (Phi) is 2.95. The van der Waals surface area contributed by atoms with E-state index in [1.54, 1.807) is 0 Å². The number of anilines is 1. The van der Waals surface area contributed by atoms with Crippen LogP contribution in [0, 0.1) is 23.4 Å². The summed E-state index contributed by atoms with van der Waals surface area (Å²) < 4.78 is 38.9. The van der Waals surface area contributed by atoms with Crippen molar-refractivity contribution in [3.63, 3.8) is 0 Å². The third kappa shape index (κ3) is 2.35. The van der Waals surface area contributed by atoms with E-state index >= 15 is 0 Å². The summed E-state index contributed by atoms with van der Waals surface area (Å²) in [5, 5.41) is 11.3. The van der Waals surface area contributed by atoms with Crippen molar-refractivity contribution in [2.24, 2.45) is 5.92 Å². The van der Waals surface area contributed by atoms with Crippen molar-refractivity contribution in [2.75, 3.05) is 5.32 Å². The van der Waals surface area contributed by atoms with Crippen LogP contribution in [0.5, 0.6) is 0 Å². The minimum Gasteiger partial charge on any atom is -0.480 e. The van der Waals surface area contributed by atoms with Crippen LogP contribution >= 0.6 is 0 Å². The second kappa shape index (κ2) is 4.27. The predicted octanol–water partition coefficient (Wildman–Crippen LogP) is 2.38. The van der Waals surface area contributed by atoms with Crippen LogP contribution in [0.4, 0.5) is 18.9 Å². The summed E-state index contributed by atoms with van der Waals surface area (Å²) in [6.45, 7) is 0. The van der Waals surface area contributed by atoms with E-state index in [2.05, 4.69) is 5.32 Å². The molecule has 1 unspecified atom stereocenters. The molecule has 1 aromatic carbocycles. The predicted molar refractivity (Wildman–Crippen MR) is 54.1 cm³/mol. The first-order chi connectivity index (χ1) is 8.00. The molecule has 1 aliphatic rings. The maximum Gasteiger partial charge on any atom is 0.326 e. The SMILES string of the molecule is O=C(O)C(Nc1ccc(F)c(F)c1F)C1CC1. The number of halogens is 3. The van der Waals surface area contributed by atoms with Gasteiger partial charge < -0.3 is 10.4 Å². The van der Waals surface area contributed by atoms with Crippen LogP contribution in [0.1, 0.15) is 12.8 Å². The molecule has 1 atom stereocenters. The summed E-state index contributed by atoms with van der Waals surface area (Å²) in [4.78, 5) is 10.9. The quantitative estimate of drug-likeness (QED) is 0.801.